The summed E-state index contributed by atoms with van der Waals surface area (Å²) in [4.78, 5) is 14.5. The highest BCUT2D eigenvalue weighted by atomic mass is 35.5. The maximum atomic E-state index is 12.1. The Morgan fingerprint density at radius 3 is 2.83 bits per heavy atom. The van der Waals surface area contributed by atoms with Crippen molar-refractivity contribution >= 4 is 34.9 Å². The summed E-state index contributed by atoms with van der Waals surface area (Å²) >= 11 is 7.78. The van der Waals surface area contributed by atoms with Gasteiger partial charge in [-0.05, 0) is 46.5 Å². The molecule has 1 saturated heterocycles. The summed E-state index contributed by atoms with van der Waals surface area (Å²) in [6.45, 7) is 2.83. The lowest BCUT2D eigenvalue weighted by molar-refractivity contribution is -0.116. The van der Waals surface area contributed by atoms with Crippen molar-refractivity contribution < 1.29 is 4.79 Å². The lowest BCUT2D eigenvalue weighted by atomic mass is 10.0. The maximum absolute atomic E-state index is 12.1. The van der Waals surface area contributed by atoms with E-state index >= 15 is 0 Å². The van der Waals surface area contributed by atoms with Gasteiger partial charge in [0.15, 0.2) is 0 Å². The van der Waals surface area contributed by atoms with Crippen molar-refractivity contribution in [2.24, 2.45) is 0 Å². The molecule has 0 spiro atoms. The summed E-state index contributed by atoms with van der Waals surface area (Å²) in [6, 6.07) is 9.89. The summed E-state index contributed by atoms with van der Waals surface area (Å²) in [5.74, 6) is -0.0920. The van der Waals surface area contributed by atoms with Gasteiger partial charge in [0, 0.05) is 30.7 Å². The van der Waals surface area contributed by atoms with Gasteiger partial charge in [0.25, 0.3) is 0 Å². The monoisotopic (exact) mass is 346 g/mol. The van der Waals surface area contributed by atoms with Crippen LogP contribution in [0.15, 0.2) is 47.2 Å². The number of hydrogen-bond donors (Lipinski definition) is 1. The Morgan fingerprint density at radius 1 is 1.35 bits per heavy atom. The smallest absolute Gasteiger partial charge is 0.244 e. The van der Waals surface area contributed by atoms with Gasteiger partial charge in [-0.25, -0.2) is 0 Å². The predicted octanol–water partition coefficient (Wildman–Crippen LogP) is 3.98. The highest BCUT2D eigenvalue weighted by Crippen LogP contribution is 2.26. The zero-order valence-electron chi connectivity index (χ0n) is 12.7. The molecule has 0 saturated carbocycles. The summed E-state index contributed by atoms with van der Waals surface area (Å²) in [5, 5.41) is 7.90. The molecule has 1 aromatic carbocycles. The summed E-state index contributed by atoms with van der Waals surface area (Å²) < 4.78 is 0. The van der Waals surface area contributed by atoms with Gasteiger partial charge in [-0.3, -0.25) is 9.69 Å². The van der Waals surface area contributed by atoms with Gasteiger partial charge in [0.2, 0.25) is 5.91 Å². The Labute approximate surface area is 145 Å². The minimum atomic E-state index is -0.0920. The first-order chi connectivity index (χ1) is 11.2. The fourth-order valence-electron chi connectivity index (χ4n) is 2.61. The normalized spacial score (nSPS) is 16.2. The minimum absolute atomic E-state index is 0.0920. The molecule has 1 aliphatic heterocycles. The average molecular weight is 347 g/mol. The number of carbonyl (C=O) groups excluding carboxylic acids is 1. The van der Waals surface area contributed by atoms with Crippen molar-refractivity contribution in [3.05, 3.63) is 63.3 Å². The number of likely N-dealkylation sites (tertiary alicyclic amines) is 1. The molecule has 0 bridgehead atoms. The quantitative estimate of drug-likeness (QED) is 0.802. The first-order valence-corrected chi connectivity index (χ1v) is 9.03. The number of benzene rings is 1. The van der Waals surface area contributed by atoms with E-state index in [4.69, 9.17) is 11.6 Å². The van der Waals surface area contributed by atoms with Gasteiger partial charge in [0.1, 0.15) is 0 Å². The zero-order valence-corrected chi connectivity index (χ0v) is 14.3. The van der Waals surface area contributed by atoms with Crippen LogP contribution in [0.3, 0.4) is 0 Å². The molecule has 0 aliphatic carbocycles. The fourth-order valence-corrected chi connectivity index (χ4v) is 3.51. The van der Waals surface area contributed by atoms with Crippen molar-refractivity contribution in [3.63, 3.8) is 0 Å². The number of halogens is 1. The van der Waals surface area contributed by atoms with Crippen LogP contribution in [0.5, 0.6) is 0 Å². The number of amides is 1. The van der Waals surface area contributed by atoms with Crippen LogP contribution < -0.4 is 5.32 Å². The minimum Gasteiger partial charge on any atom is -0.351 e. The molecule has 1 aromatic heterocycles. The number of nitrogens with one attached hydrogen (secondary N) is 1. The van der Waals surface area contributed by atoms with Crippen LogP contribution >= 0.6 is 22.9 Å². The molecular weight excluding hydrogens is 328 g/mol. The molecule has 1 fully saturated rings. The van der Waals surface area contributed by atoms with Crippen molar-refractivity contribution in [2.75, 3.05) is 19.6 Å². The van der Waals surface area contributed by atoms with Gasteiger partial charge in [-0.2, -0.15) is 11.3 Å². The third-order valence-electron chi connectivity index (χ3n) is 4.05. The lowest BCUT2D eigenvalue weighted by Gasteiger charge is -2.38. The van der Waals surface area contributed by atoms with E-state index in [1.54, 1.807) is 23.5 Å². The van der Waals surface area contributed by atoms with Gasteiger partial charge >= 0.3 is 0 Å². The van der Waals surface area contributed by atoms with Gasteiger partial charge in [-0.15, -0.1) is 0 Å². The maximum Gasteiger partial charge on any atom is 0.244 e. The molecule has 2 aromatic rings. The summed E-state index contributed by atoms with van der Waals surface area (Å²) in [6.07, 6.45) is 4.53. The summed E-state index contributed by atoms with van der Waals surface area (Å²) in [7, 11) is 0. The van der Waals surface area contributed by atoms with Crippen molar-refractivity contribution in [2.45, 2.75) is 12.5 Å². The molecule has 1 aliphatic rings. The number of carbonyl (C=O) groups is 1. The standard InChI is InChI=1S/C18H19ClN2OS/c19-16-5-2-1-4-14(16)6-7-18(22)20-12-17(21-9-3-10-21)15-8-11-23-13-15/h1-2,4-8,11,13,17H,3,9-10,12H2,(H,20,22)/b7-6+/t17-/m1/s1. The first kappa shape index (κ1) is 16.2. The van der Waals surface area contributed by atoms with E-state index in [9.17, 15) is 4.79 Å². The molecule has 0 radical (unpaired) electrons. The predicted molar refractivity (Wildman–Crippen MR) is 96.7 cm³/mol. The zero-order chi connectivity index (χ0) is 16.1. The Kier molecular flexibility index (Phi) is 5.49. The van der Waals surface area contributed by atoms with Crippen LogP contribution in [0.1, 0.15) is 23.6 Å². The van der Waals surface area contributed by atoms with E-state index in [1.165, 1.54) is 12.0 Å². The third-order valence-corrected chi connectivity index (χ3v) is 5.09. The van der Waals surface area contributed by atoms with Crippen LogP contribution in [0.4, 0.5) is 0 Å². The molecule has 120 valence electrons. The first-order valence-electron chi connectivity index (χ1n) is 7.70. The summed E-state index contributed by atoms with van der Waals surface area (Å²) in [5.41, 5.74) is 2.13. The van der Waals surface area contributed by atoms with E-state index in [-0.39, 0.29) is 11.9 Å². The SMILES string of the molecule is O=C(/C=C/c1ccccc1Cl)NC[C@H](c1ccsc1)N1CCC1. The number of nitrogens with zero attached hydrogens (tertiary/aromatic N) is 1. The molecule has 23 heavy (non-hydrogen) atoms. The van der Waals surface area contributed by atoms with Crippen molar-refractivity contribution in [3.8, 4) is 0 Å². The Morgan fingerprint density at radius 2 is 2.17 bits per heavy atom. The van der Waals surface area contributed by atoms with Crippen molar-refractivity contribution in [1.82, 2.24) is 10.2 Å². The third kappa shape index (κ3) is 4.22. The molecule has 3 nitrogen and oxygen atoms in total. The fraction of sp³-hybridized carbons (Fsp3) is 0.278. The Hall–Kier alpha value is -1.62. The van der Waals surface area contributed by atoms with Gasteiger partial charge in [0.05, 0.1) is 6.04 Å². The molecular formula is C18H19ClN2OS. The Bertz CT molecular complexity index is 680. The van der Waals surface area contributed by atoms with E-state index in [1.807, 2.05) is 24.3 Å². The second-order valence-electron chi connectivity index (χ2n) is 5.56. The second-order valence-corrected chi connectivity index (χ2v) is 6.75. The molecule has 1 atom stereocenters. The van der Waals surface area contributed by atoms with Crippen LogP contribution in [0.25, 0.3) is 6.08 Å². The second kappa shape index (κ2) is 7.77. The number of hydrogen-bond acceptors (Lipinski definition) is 3. The molecule has 1 amide bonds. The highest BCUT2D eigenvalue weighted by Gasteiger charge is 2.25. The van der Waals surface area contributed by atoms with Crippen LogP contribution in [0, 0.1) is 0 Å². The molecule has 0 unspecified atom stereocenters. The number of thiophene rings is 1. The van der Waals surface area contributed by atoms with E-state index in [0.29, 0.717) is 11.6 Å². The lowest BCUT2D eigenvalue weighted by Crippen LogP contribution is -2.44. The molecule has 2 heterocycles. The molecule has 3 rings (SSSR count). The van der Waals surface area contributed by atoms with Gasteiger partial charge < -0.3 is 5.32 Å². The van der Waals surface area contributed by atoms with E-state index in [0.717, 1.165) is 18.7 Å². The van der Waals surface area contributed by atoms with Crippen LogP contribution in [0.2, 0.25) is 5.02 Å². The average Bonchev–Trinajstić information content (AvgIpc) is 3.02. The molecule has 1 N–H and O–H groups in total. The highest BCUT2D eigenvalue weighted by molar-refractivity contribution is 7.07. The van der Waals surface area contributed by atoms with Gasteiger partial charge in [-0.1, -0.05) is 29.8 Å². The number of rotatable bonds is 6. The van der Waals surface area contributed by atoms with Crippen LogP contribution in [-0.2, 0) is 4.79 Å². The topological polar surface area (TPSA) is 32.3 Å². The van der Waals surface area contributed by atoms with E-state index in [2.05, 4.69) is 27.0 Å². The van der Waals surface area contributed by atoms with Crippen molar-refractivity contribution in [1.29, 1.82) is 0 Å². The largest absolute Gasteiger partial charge is 0.351 e. The Balaban J connectivity index is 1.58. The van der Waals surface area contributed by atoms with Crippen LogP contribution in [-0.4, -0.2) is 30.4 Å². The molecule has 5 heteroatoms. The van der Waals surface area contributed by atoms with E-state index < -0.39 is 0 Å².